The lowest BCUT2D eigenvalue weighted by molar-refractivity contribution is 0.0913. The first-order valence-corrected chi connectivity index (χ1v) is 6.16. The summed E-state index contributed by atoms with van der Waals surface area (Å²) in [6.45, 7) is 4.69. The Morgan fingerprint density at radius 3 is 2.65 bits per heavy atom. The highest BCUT2D eigenvalue weighted by Gasteiger charge is 2.10. The number of rotatable bonds is 7. The molecule has 0 spiro atoms. The minimum Gasteiger partial charge on any atom is -0.488 e. The Morgan fingerprint density at radius 2 is 2.00 bits per heavy atom. The van der Waals surface area contributed by atoms with Gasteiger partial charge in [-0.15, -0.1) is 0 Å². The summed E-state index contributed by atoms with van der Waals surface area (Å²) in [5, 5.41) is 0. The van der Waals surface area contributed by atoms with Crippen LogP contribution in [0.25, 0.3) is 0 Å². The molecule has 2 atom stereocenters. The molecule has 3 heteroatoms. The zero-order chi connectivity index (χ0) is 12.7. The van der Waals surface area contributed by atoms with Crippen LogP contribution in [0.2, 0.25) is 0 Å². The second kappa shape index (κ2) is 7.30. The average molecular weight is 237 g/mol. The van der Waals surface area contributed by atoms with Crippen LogP contribution in [0.4, 0.5) is 0 Å². The van der Waals surface area contributed by atoms with Gasteiger partial charge in [0.1, 0.15) is 11.9 Å². The highest BCUT2D eigenvalue weighted by molar-refractivity contribution is 5.34. The van der Waals surface area contributed by atoms with Gasteiger partial charge in [0, 0.05) is 13.2 Å². The predicted molar refractivity (Wildman–Crippen MR) is 70.4 cm³/mol. The smallest absolute Gasteiger partial charge is 0.123 e. The van der Waals surface area contributed by atoms with Gasteiger partial charge in [0.2, 0.25) is 0 Å². The summed E-state index contributed by atoms with van der Waals surface area (Å²) in [4.78, 5) is 0. The van der Waals surface area contributed by atoms with Crippen molar-refractivity contribution in [2.75, 3.05) is 13.7 Å². The molecule has 3 nitrogen and oxygen atoms in total. The fourth-order valence-electron chi connectivity index (χ4n) is 1.70. The molecular weight excluding hydrogens is 214 g/mol. The van der Waals surface area contributed by atoms with Crippen LogP contribution >= 0.6 is 0 Å². The second-order valence-corrected chi connectivity index (χ2v) is 4.36. The number of para-hydroxylation sites is 1. The van der Waals surface area contributed by atoms with Gasteiger partial charge in [0.15, 0.2) is 0 Å². The van der Waals surface area contributed by atoms with Crippen molar-refractivity contribution in [3.05, 3.63) is 29.8 Å². The number of nitrogens with two attached hydrogens (primary N) is 1. The van der Waals surface area contributed by atoms with Crippen LogP contribution in [-0.2, 0) is 11.2 Å². The van der Waals surface area contributed by atoms with E-state index in [-0.39, 0.29) is 12.1 Å². The van der Waals surface area contributed by atoms with Crippen molar-refractivity contribution < 1.29 is 9.47 Å². The molecule has 96 valence electrons. The fourth-order valence-corrected chi connectivity index (χ4v) is 1.70. The molecule has 0 fully saturated rings. The van der Waals surface area contributed by atoms with Gasteiger partial charge in [0.25, 0.3) is 0 Å². The maximum absolute atomic E-state index is 5.98. The van der Waals surface area contributed by atoms with E-state index >= 15 is 0 Å². The third-order valence-electron chi connectivity index (χ3n) is 2.71. The molecule has 0 aliphatic rings. The lowest BCUT2D eigenvalue weighted by atomic mass is 10.0. The molecule has 2 N–H and O–H groups in total. The van der Waals surface area contributed by atoms with Gasteiger partial charge in [0.05, 0.1) is 6.61 Å². The van der Waals surface area contributed by atoms with Gasteiger partial charge in [-0.2, -0.15) is 0 Å². The minimum absolute atomic E-state index is 0.0546. The minimum atomic E-state index is 0.0546. The maximum Gasteiger partial charge on any atom is 0.123 e. The normalized spacial score (nSPS) is 14.4. The van der Waals surface area contributed by atoms with Crippen LogP contribution in [0.5, 0.6) is 5.75 Å². The Hall–Kier alpha value is -1.06. The molecule has 0 aliphatic carbocycles. The highest BCUT2D eigenvalue weighted by atomic mass is 16.5. The van der Waals surface area contributed by atoms with E-state index in [1.54, 1.807) is 7.11 Å². The van der Waals surface area contributed by atoms with Gasteiger partial charge < -0.3 is 15.2 Å². The summed E-state index contributed by atoms with van der Waals surface area (Å²) in [6.07, 6.45) is 1.88. The van der Waals surface area contributed by atoms with E-state index < -0.39 is 0 Å². The van der Waals surface area contributed by atoms with Crippen LogP contribution in [0.1, 0.15) is 25.8 Å². The first-order valence-electron chi connectivity index (χ1n) is 6.16. The summed E-state index contributed by atoms with van der Waals surface area (Å²) >= 11 is 0. The van der Waals surface area contributed by atoms with E-state index in [0.717, 1.165) is 18.6 Å². The van der Waals surface area contributed by atoms with Crippen LogP contribution in [0.3, 0.4) is 0 Å². The number of benzene rings is 1. The maximum atomic E-state index is 5.98. The zero-order valence-corrected chi connectivity index (χ0v) is 11.0. The largest absolute Gasteiger partial charge is 0.488 e. The summed E-state index contributed by atoms with van der Waals surface area (Å²) in [6, 6.07) is 8.26. The first kappa shape index (κ1) is 14.0. The van der Waals surface area contributed by atoms with Crippen molar-refractivity contribution in [2.24, 2.45) is 5.73 Å². The quantitative estimate of drug-likeness (QED) is 0.792. The third-order valence-corrected chi connectivity index (χ3v) is 2.71. The number of ether oxygens (including phenoxy) is 2. The van der Waals surface area contributed by atoms with Crippen LogP contribution in [0.15, 0.2) is 24.3 Å². The number of hydrogen-bond donors (Lipinski definition) is 1. The highest BCUT2D eigenvalue weighted by Crippen LogP contribution is 2.21. The fraction of sp³-hybridized carbons (Fsp3) is 0.571. The first-order chi connectivity index (χ1) is 8.17. The van der Waals surface area contributed by atoms with Crippen molar-refractivity contribution in [1.29, 1.82) is 0 Å². The van der Waals surface area contributed by atoms with Gasteiger partial charge >= 0.3 is 0 Å². The zero-order valence-electron chi connectivity index (χ0n) is 11.0. The predicted octanol–water partition coefficient (Wildman–Crippen LogP) is 2.38. The molecule has 0 heterocycles. The molecule has 1 aromatic rings. The Morgan fingerprint density at radius 1 is 1.29 bits per heavy atom. The average Bonchev–Trinajstić information content (AvgIpc) is 2.31. The lowest BCUT2D eigenvalue weighted by Gasteiger charge is -2.18. The van der Waals surface area contributed by atoms with Gasteiger partial charge in [-0.1, -0.05) is 25.1 Å². The molecule has 0 aliphatic heterocycles. The molecule has 17 heavy (non-hydrogen) atoms. The second-order valence-electron chi connectivity index (χ2n) is 4.36. The standard InChI is InChI=1S/C14H23NO2/c1-4-13(15)9-12-7-5-6-8-14(12)17-11(2)10-16-3/h5-8,11,13H,4,9-10,15H2,1-3H3. The molecule has 0 radical (unpaired) electrons. The van der Waals surface area contributed by atoms with E-state index in [9.17, 15) is 0 Å². The van der Waals surface area contributed by atoms with Crippen molar-refractivity contribution in [2.45, 2.75) is 38.8 Å². The van der Waals surface area contributed by atoms with E-state index in [2.05, 4.69) is 13.0 Å². The van der Waals surface area contributed by atoms with E-state index in [0.29, 0.717) is 6.61 Å². The van der Waals surface area contributed by atoms with Crippen LogP contribution in [0, 0.1) is 0 Å². The Balaban J connectivity index is 2.70. The van der Waals surface area contributed by atoms with Crippen molar-refractivity contribution >= 4 is 0 Å². The topological polar surface area (TPSA) is 44.5 Å². The van der Waals surface area contributed by atoms with Crippen molar-refractivity contribution in [3.63, 3.8) is 0 Å². The number of hydrogen-bond acceptors (Lipinski definition) is 3. The molecule has 0 saturated heterocycles. The summed E-state index contributed by atoms with van der Waals surface area (Å²) in [7, 11) is 1.68. The number of methoxy groups -OCH3 is 1. The molecule has 2 unspecified atom stereocenters. The van der Waals surface area contributed by atoms with Crippen LogP contribution < -0.4 is 10.5 Å². The van der Waals surface area contributed by atoms with Crippen LogP contribution in [-0.4, -0.2) is 25.9 Å². The van der Waals surface area contributed by atoms with Crippen molar-refractivity contribution in [1.82, 2.24) is 0 Å². The van der Waals surface area contributed by atoms with Gasteiger partial charge in [-0.05, 0) is 31.4 Å². The Kier molecular flexibility index (Phi) is 6.01. The monoisotopic (exact) mass is 237 g/mol. The van der Waals surface area contributed by atoms with E-state index in [1.807, 2.05) is 25.1 Å². The SMILES string of the molecule is CCC(N)Cc1ccccc1OC(C)COC. The van der Waals surface area contributed by atoms with E-state index in [1.165, 1.54) is 5.56 Å². The summed E-state index contributed by atoms with van der Waals surface area (Å²) in [5.74, 6) is 0.918. The molecule has 0 amide bonds. The third kappa shape index (κ3) is 4.75. The van der Waals surface area contributed by atoms with Gasteiger partial charge in [-0.25, -0.2) is 0 Å². The molecule has 0 bridgehead atoms. The van der Waals surface area contributed by atoms with Crippen molar-refractivity contribution in [3.8, 4) is 5.75 Å². The molecule has 0 aromatic heterocycles. The molecule has 1 rings (SSSR count). The van der Waals surface area contributed by atoms with E-state index in [4.69, 9.17) is 15.2 Å². The lowest BCUT2D eigenvalue weighted by Crippen LogP contribution is -2.23. The molecular formula is C14H23NO2. The van der Waals surface area contributed by atoms with Gasteiger partial charge in [-0.3, -0.25) is 0 Å². The summed E-state index contributed by atoms with van der Waals surface area (Å²) in [5.41, 5.74) is 7.15. The Bertz CT molecular complexity index is 328. The molecule has 1 aromatic carbocycles. The Labute approximate surface area is 104 Å². The summed E-state index contributed by atoms with van der Waals surface area (Å²) < 4.78 is 10.9. The molecule has 0 saturated carbocycles.